The van der Waals surface area contributed by atoms with Crippen LogP contribution in [-0.4, -0.2) is 50.2 Å². The van der Waals surface area contributed by atoms with Crippen molar-refractivity contribution in [2.75, 3.05) is 19.6 Å². The minimum absolute atomic E-state index is 0.0392. The zero-order chi connectivity index (χ0) is 18.4. The molecule has 1 heterocycles. The molecule has 2 N–H and O–H groups in total. The standard InChI is InChI=1S/C19H32N2O3S/c1-4-5-6-17-7-9-19(10-8-17)25(23,24)20-12-18(22)14-21-13-15(2)11-16(21)3/h7-10,15-16,18,20,22H,4-6,11-14H2,1-3H3. The van der Waals surface area contributed by atoms with Crippen molar-refractivity contribution in [3.63, 3.8) is 0 Å². The van der Waals surface area contributed by atoms with Gasteiger partial charge in [0.05, 0.1) is 11.0 Å². The van der Waals surface area contributed by atoms with Crippen molar-refractivity contribution in [3.05, 3.63) is 29.8 Å². The van der Waals surface area contributed by atoms with Gasteiger partial charge in [0.1, 0.15) is 0 Å². The number of nitrogens with zero attached hydrogens (tertiary/aromatic N) is 1. The third-order valence-electron chi connectivity index (χ3n) is 4.92. The summed E-state index contributed by atoms with van der Waals surface area (Å²) >= 11 is 0. The molecule has 0 radical (unpaired) electrons. The molecule has 1 aliphatic heterocycles. The number of aliphatic hydroxyl groups is 1. The van der Waals surface area contributed by atoms with E-state index in [-0.39, 0.29) is 11.4 Å². The van der Waals surface area contributed by atoms with Crippen molar-refractivity contribution in [2.24, 2.45) is 5.92 Å². The van der Waals surface area contributed by atoms with Crippen LogP contribution >= 0.6 is 0 Å². The lowest BCUT2D eigenvalue weighted by atomic mass is 10.1. The Morgan fingerprint density at radius 2 is 1.96 bits per heavy atom. The van der Waals surface area contributed by atoms with Crippen LogP contribution in [0.5, 0.6) is 0 Å². The first-order valence-corrected chi connectivity index (χ1v) is 10.8. The molecule has 25 heavy (non-hydrogen) atoms. The summed E-state index contributed by atoms with van der Waals surface area (Å²) in [7, 11) is -3.58. The average Bonchev–Trinajstić information content (AvgIpc) is 2.89. The van der Waals surface area contributed by atoms with Gasteiger partial charge in [-0.3, -0.25) is 4.90 Å². The Balaban J connectivity index is 1.86. The van der Waals surface area contributed by atoms with Crippen LogP contribution in [0, 0.1) is 5.92 Å². The predicted octanol–water partition coefficient (Wildman–Crippen LogP) is 2.40. The quantitative estimate of drug-likeness (QED) is 0.702. The van der Waals surface area contributed by atoms with E-state index in [0.717, 1.165) is 37.8 Å². The fraction of sp³-hybridized carbons (Fsp3) is 0.684. The minimum Gasteiger partial charge on any atom is -0.390 e. The van der Waals surface area contributed by atoms with E-state index in [2.05, 4.69) is 30.4 Å². The number of hydrogen-bond donors (Lipinski definition) is 2. The molecule has 0 amide bonds. The highest BCUT2D eigenvalue weighted by atomic mass is 32.2. The number of aryl methyl sites for hydroxylation is 1. The lowest BCUT2D eigenvalue weighted by Crippen LogP contribution is -2.41. The Morgan fingerprint density at radius 1 is 1.28 bits per heavy atom. The van der Waals surface area contributed by atoms with E-state index in [9.17, 15) is 13.5 Å². The predicted molar refractivity (Wildman–Crippen MR) is 101 cm³/mol. The van der Waals surface area contributed by atoms with Crippen LogP contribution in [0.25, 0.3) is 0 Å². The maximum Gasteiger partial charge on any atom is 0.240 e. The van der Waals surface area contributed by atoms with Crippen molar-refractivity contribution in [3.8, 4) is 0 Å². The Morgan fingerprint density at radius 3 is 2.52 bits per heavy atom. The zero-order valence-corrected chi connectivity index (χ0v) is 16.4. The normalized spacial score (nSPS) is 23.0. The third kappa shape index (κ3) is 6.06. The lowest BCUT2D eigenvalue weighted by Gasteiger charge is -2.24. The molecule has 1 aromatic rings. The van der Waals surface area contributed by atoms with Crippen LogP contribution in [0.1, 0.15) is 45.6 Å². The van der Waals surface area contributed by atoms with Gasteiger partial charge in [0.15, 0.2) is 0 Å². The number of rotatable bonds is 9. The summed E-state index contributed by atoms with van der Waals surface area (Å²) in [4.78, 5) is 2.48. The third-order valence-corrected chi connectivity index (χ3v) is 6.36. The van der Waals surface area contributed by atoms with Gasteiger partial charge in [-0.2, -0.15) is 0 Å². The van der Waals surface area contributed by atoms with E-state index in [1.807, 2.05) is 12.1 Å². The van der Waals surface area contributed by atoms with Gasteiger partial charge in [-0.1, -0.05) is 32.4 Å². The van der Waals surface area contributed by atoms with Crippen molar-refractivity contribution in [2.45, 2.75) is 63.5 Å². The second-order valence-corrected chi connectivity index (χ2v) is 9.16. The monoisotopic (exact) mass is 368 g/mol. The van der Waals surface area contributed by atoms with E-state index >= 15 is 0 Å². The summed E-state index contributed by atoms with van der Waals surface area (Å²) in [6, 6.07) is 7.47. The molecule has 1 aliphatic rings. The van der Waals surface area contributed by atoms with Crippen molar-refractivity contribution in [1.29, 1.82) is 0 Å². The smallest absolute Gasteiger partial charge is 0.240 e. The molecule has 0 aliphatic carbocycles. The summed E-state index contributed by atoms with van der Waals surface area (Å²) in [5.74, 6) is 0.630. The van der Waals surface area contributed by atoms with Gasteiger partial charge in [0.2, 0.25) is 10.0 Å². The highest BCUT2D eigenvalue weighted by Crippen LogP contribution is 2.22. The number of likely N-dealkylation sites (tertiary alicyclic amines) is 1. The van der Waals surface area contributed by atoms with E-state index in [0.29, 0.717) is 18.5 Å². The van der Waals surface area contributed by atoms with Gasteiger partial charge in [0, 0.05) is 25.7 Å². The second kappa shape index (κ2) is 9.12. The first-order valence-electron chi connectivity index (χ1n) is 9.32. The molecule has 1 fully saturated rings. The van der Waals surface area contributed by atoms with Gasteiger partial charge >= 0.3 is 0 Å². The van der Waals surface area contributed by atoms with Crippen molar-refractivity contribution >= 4 is 10.0 Å². The van der Waals surface area contributed by atoms with Crippen LogP contribution in [0.2, 0.25) is 0 Å². The van der Waals surface area contributed by atoms with Gasteiger partial charge in [0.25, 0.3) is 0 Å². The molecule has 3 unspecified atom stereocenters. The number of hydrogen-bond acceptors (Lipinski definition) is 4. The first-order chi connectivity index (χ1) is 11.8. The number of β-amino-alcohol motifs (C(OH)–C–C–N with tert-alkyl or cyclic N) is 1. The highest BCUT2D eigenvalue weighted by molar-refractivity contribution is 7.89. The lowest BCUT2D eigenvalue weighted by molar-refractivity contribution is 0.111. The summed E-state index contributed by atoms with van der Waals surface area (Å²) in [6.45, 7) is 8.00. The van der Waals surface area contributed by atoms with E-state index in [4.69, 9.17) is 0 Å². The molecule has 0 spiro atoms. The SMILES string of the molecule is CCCCc1ccc(S(=O)(=O)NCC(O)CN2CC(C)CC2C)cc1. The molecule has 1 saturated heterocycles. The molecule has 1 aromatic carbocycles. The molecule has 0 aromatic heterocycles. The number of nitrogens with one attached hydrogen (secondary N) is 1. The number of sulfonamides is 1. The minimum atomic E-state index is -3.58. The number of unbranched alkanes of at least 4 members (excludes halogenated alkanes) is 1. The van der Waals surface area contributed by atoms with Crippen LogP contribution in [0.3, 0.4) is 0 Å². The van der Waals surface area contributed by atoms with Crippen LogP contribution in [0.4, 0.5) is 0 Å². The van der Waals surface area contributed by atoms with E-state index < -0.39 is 16.1 Å². The van der Waals surface area contributed by atoms with Crippen LogP contribution in [-0.2, 0) is 16.4 Å². The van der Waals surface area contributed by atoms with E-state index in [1.165, 1.54) is 0 Å². The zero-order valence-electron chi connectivity index (χ0n) is 15.6. The Hall–Kier alpha value is -0.950. The van der Waals surface area contributed by atoms with Crippen molar-refractivity contribution in [1.82, 2.24) is 9.62 Å². The summed E-state index contributed by atoms with van der Waals surface area (Å²) in [6.07, 6.45) is 3.61. The molecule has 3 atom stereocenters. The maximum atomic E-state index is 12.4. The Bertz CT molecular complexity index is 631. The second-order valence-electron chi connectivity index (χ2n) is 7.40. The molecule has 0 saturated carbocycles. The molecule has 0 bridgehead atoms. The fourth-order valence-electron chi connectivity index (χ4n) is 3.48. The summed E-state index contributed by atoms with van der Waals surface area (Å²) in [5.41, 5.74) is 1.15. The number of benzene rings is 1. The van der Waals surface area contributed by atoms with Gasteiger partial charge in [-0.05, 0) is 49.8 Å². The fourth-order valence-corrected chi connectivity index (χ4v) is 4.55. The number of aliphatic hydroxyl groups excluding tert-OH is 1. The topological polar surface area (TPSA) is 69.6 Å². The van der Waals surface area contributed by atoms with Gasteiger partial charge in [-0.15, -0.1) is 0 Å². The molecule has 142 valence electrons. The van der Waals surface area contributed by atoms with Crippen molar-refractivity contribution < 1.29 is 13.5 Å². The molecule has 6 heteroatoms. The van der Waals surface area contributed by atoms with Crippen LogP contribution in [0.15, 0.2) is 29.2 Å². The van der Waals surface area contributed by atoms with Crippen LogP contribution < -0.4 is 4.72 Å². The maximum absolute atomic E-state index is 12.4. The van der Waals surface area contributed by atoms with Gasteiger partial charge in [-0.25, -0.2) is 13.1 Å². The van der Waals surface area contributed by atoms with Gasteiger partial charge < -0.3 is 5.11 Å². The first kappa shape index (κ1) is 20.4. The summed E-state index contributed by atoms with van der Waals surface area (Å²) < 4.78 is 27.3. The molecule has 2 rings (SSSR count). The Kier molecular flexibility index (Phi) is 7.43. The Labute approximate surface area is 152 Å². The molecular formula is C19H32N2O3S. The highest BCUT2D eigenvalue weighted by Gasteiger charge is 2.27. The molecule has 5 nitrogen and oxygen atoms in total. The molecular weight excluding hydrogens is 336 g/mol. The summed E-state index contributed by atoms with van der Waals surface area (Å²) in [5, 5.41) is 10.2. The van der Waals surface area contributed by atoms with E-state index in [1.54, 1.807) is 12.1 Å². The average molecular weight is 369 g/mol. The largest absolute Gasteiger partial charge is 0.390 e.